The van der Waals surface area contributed by atoms with Crippen LogP contribution in [0.15, 0.2) is 42.6 Å². The topological polar surface area (TPSA) is 129 Å². The van der Waals surface area contributed by atoms with E-state index >= 15 is 0 Å². The highest BCUT2D eigenvalue weighted by Crippen LogP contribution is 2.49. The van der Waals surface area contributed by atoms with Gasteiger partial charge in [0, 0.05) is 25.3 Å². The first-order valence-corrected chi connectivity index (χ1v) is 15.4. The Hall–Kier alpha value is -4.13. The van der Waals surface area contributed by atoms with E-state index < -0.39 is 5.79 Å². The van der Waals surface area contributed by atoms with Crippen molar-refractivity contribution < 1.29 is 14.2 Å². The van der Waals surface area contributed by atoms with Crippen LogP contribution in [0.4, 0.5) is 0 Å². The maximum atomic E-state index is 6.48. The highest BCUT2D eigenvalue weighted by Gasteiger charge is 2.42. The van der Waals surface area contributed by atoms with Crippen molar-refractivity contribution in [1.82, 2.24) is 44.8 Å². The number of pyridine rings is 1. The highest BCUT2D eigenvalue weighted by atomic mass is 35.5. The molecule has 2 atom stereocenters. The Labute approximate surface area is 258 Å². The number of aryl methyl sites for hydroxylation is 1. The fourth-order valence-corrected chi connectivity index (χ4v) is 6.43. The second kappa shape index (κ2) is 10.8. The lowest BCUT2D eigenvalue weighted by Crippen LogP contribution is -2.35. The number of halogens is 1. The van der Waals surface area contributed by atoms with Crippen molar-refractivity contribution in [3.05, 3.63) is 70.5 Å². The fourth-order valence-electron chi connectivity index (χ4n) is 6.31. The summed E-state index contributed by atoms with van der Waals surface area (Å²) in [4.78, 5) is 15.1. The summed E-state index contributed by atoms with van der Waals surface area (Å²) in [6, 6.07) is 11.8. The summed E-state index contributed by atoms with van der Waals surface area (Å²) in [7, 11) is 0. The van der Waals surface area contributed by atoms with Gasteiger partial charge in [-0.1, -0.05) is 23.7 Å². The van der Waals surface area contributed by atoms with Gasteiger partial charge in [0.1, 0.15) is 28.6 Å². The Kier molecular flexibility index (Phi) is 6.73. The van der Waals surface area contributed by atoms with Gasteiger partial charge < -0.3 is 23.8 Å². The fraction of sp³-hybridized carbons (Fsp3) is 0.419. The average molecular weight is 614 g/mol. The smallest absolute Gasteiger partial charge is 0.292 e. The van der Waals surface area contributed by atoms with E-state index in [0.29, 0.717) is 34.7 Å². The molecule has 226 valence electrons. The summed E-state index contributed by atoms with van der Waals surface area (Å²) in [5.41, 5.74) is 4.05. The number of ether oxygens (including phenoxy) is 3. The number of hydrogen-bond donors (Lipinski definition) is 1. The highest BCUT2D eigenvalue weighted by molar-refractivity contribution is 6.30. The molecule has 0 saturated carbocycles. The number of fused-ring (bicyclic) bond motifs is 2. The van der Waals surface area contributed by atoms with Gasteiger partial charge in [0.15, 0.2) is 23.0 Å². The molecule has 0 spiro atoms. The van der Waals surface area contributed by atoms with Gasteiger partial charge in [0.25, 0.3) is 5.79 Å². The third kappa shape index (κ3) is 4.96. The quantitative estimate of drug-likeness (QED) is 0.274. The Balaban J connectivity index is 0.997. The number of piperidine rings is 1. The van der Waals surface area contributed by atoms with Crippen LogP contribution in [0.2, 0.25) is 5.02 Å². The minimum atomic E-state index is -0.998. The number of nitrogens with one attached hydrogen (secondary N) is 1. The largest absolute Gasteiger partial charge is 0.443 e. The maximum Gasteiger partial charge on any atom is 0.292 e. The summed E-state index contributed by atoms with van der Waals surface area (Å²) in [6.45, 7) is 7.86. The first-order chi connectivity index (χ1) is 21.4. The molecule has 44 heavy (non-hydrogen) atoms. The number of H-pyrrole nitrogens is 1. The van der Waals surface area contributed by atoms with Crippen molar-refractivity contribution in [1.29, 1.82) is 0 Å². The van der Waals surface area contributed by atoms with Crippen molar-refractivity contribution in [2.45, 2.75) is 64.0 Å². The molecule has 3 aliphatic rings. The van der Waals surface area contributed by atoms with Gasteiger partial charge in [0.05, 0.1) is 24.2 Å². The number of rotatable bonds is 7. The minimum Gasteiger partial charge on any atom is -0.443 e. The number of imidazole rings is 1. The third-order valence-electron chi connectivity index (χ3n) is 8.79. The molecule has 12 nitrogen and oxygen atoms in total. The second-order valence-electron chi connectivity index (χ2n) is 11.9. The second-order valence-corrected chi connectivity index (χ2v) is 12.3. The van der Waals surface area contributed by atoms with Crippen molar-refractivity contribution in [3.8, 4) is 23.0 Å². The summed E-state index contributed by atoms with van der Waals surface area (Å²) in [6.07, 6.45) is 4.82. The van der Waals surface area contributed by atoms with E-state index in [-0.39, 0.29) is 6.10 Å². The summed E-state index contributed by atoms with van der Waals surface area (Å²) in [5.74, 6) is 3.20. The summed E-state index contributed by atoms with van der Waals surface area (Å²) in [5, 5.41) is 17.8. The zero-order valence-electron chi connectivity index (χ0n) is 24.5. The van der Waals surface area contributed by atoms with Crippen LogP contribution in [0.5, 0.6) is 11.5 Å². The van der Waals surface area contributed by atoms with Crippen LogP contribution in [0.3, 0.4) is 0 Å². The van der Waals surface area contributed by atoms with Crippen LogP contribution in [-0.2, 0) is 23.6 Å². The number of aromatic amines is 1. The zero-order chi connectivity index (χ0) is 29.8. The molecule has 0 amide bonds. The van der Waals surface area contributed by atoms with Crippen molar-refractivity contribution in [2.24, 2.45) is 0 Å². The number of para-hydroxylation sites is 1. The van der Waals surface area contributed by atoms with Crippen LogP contribution < -0.4 is 9.47 Å². The van der Waals surface area contributed by atoms with E-state index in [1.54, 1.807) is 12.3 Å². The van der Waals surface area contributed by atoms with Gasteiger partial charge >= 0.3 is 0 Å². The molecule has 1 N–H and O–H groups in total. The molecule has 8 rings (SSSR count). The van der Waals surface area contributed by atoms with Gasteiger partial charge in [-0.15, -0.1) is 20.4 Å². The lowest BCUT2D eigenvalue weighted by atomic mass is 9.88. The van der Waals surface area contributed by atoms with Gasteiger partial charge in [-0.05, 0) is 69.5 Å². The van der Waals surface area contributed by atoms with E-state index in [9.17, 15) is 0 Å². The normalized spacial score (nSPS) is 22.0. The van der Waals surface area contributed by atoms with Crippen LogP contribution in [0.1, 0.15) is 55.0 Å². The summed E-state index contributed by atoms with van der Waals surface area (Å²) < 4.78 is 20.7. The molecule has 3 aliphatic heterocycles. The number of benzene rings is 1. The van der Waals surface area contributed by atoms with E-state index in [1.165, 1.54) is 5.56 Å². The van der Waals surface area contributed by atoms with E-state index in [2.05, 4.69) is 45.9 Å². The third-order valence-corrected chi connectivity index (χ3v) is 9.01. The monoisotopic (exact) mass is 613 g/mol. The van der Waals surface area contributed by atoms with Gasteiger partial charge in [0.2, 0.25) is 0 Å². The van der Waals surface area contributed by atoms with E-state index in [1.807, 2.05) is 38.1 Å². The Morgan fingerprint density at radius 1 is 1.05 bits per heavy atom. The van der Waals surface area contributed by atoms with Crippen LogP contribution >= 0.6 is 11.6 Å². The van der Waals surface area contributed by atoms with Gasteiger partial charge in [-0.3, -0.25) is 9.88 Å². The standard InChI is InChI=1S/C31H32ClN9O3/c1-18-34-29(38-36-18)23-14-24-30(39-37-23)41(16-21-10-13-42-21)27(35-24)17-40-11-8-19(9-12-40)22-4-3-5-25-28(22)44-31(2,43-25)26-7-6-20(32)15-33-26/h3-7,14-15,19,21H,8-13,16-17H2,1-2H3,(H,34,36,38)/t21-,31-/m0/s1. The molecule has 0 unspecified atom stereocenters. The lowest BCUT2D eigenvalue weighted by Gasteiger charge is -2.33. The van der Waals surface area contributed by atoms with Crippen LogP contribution in [0.25, 0.3) is 22.7 Å². The first-order valence-electron chi connectivity index (χ1n) is 15.0. The summed E-state index contributed by atoms with van der Waals surface area (Å²) >= 11 is 6.06. The number of likely N-dealkylation sites (tertiary alicyclic amines) is 1. The number of hydrogen-bond acceptors (Lipinski definition) is 10. The first kappa shape index (κ1) is 27.4. The molecule has 0 bridgehead atoms. The predicted octanol–water partition coefficient (Wildman–Crippen LogP) is 4.78. The van der Waals surface area contributed by atoms with Gasteiger partial charge in [-0.25, -0.2) is 4.98 Å². The number of nitrogens with zero attached hydrogens (tertiary/aromatic N) is 8. The molecule has 0 radical (unpaired) electrons. The lowest BCUT2D eigenvalue weighted by molar-refractivity contribution is -0.0722. The molecular formula is C31H32ClN9O3. The Morgan fingerprint density at radius 2 is 1.91 bits per heavy atom. The molecule has 7 heterocycles. The molecule has 4 aromatic heterocycles. The molecule has 2 saturated heterocycles. The maximum absolute atomic E-state index is 6.48. The minimum absolute atomic E-state index is 0.173. The predicted molar refractivity (Wildman–Crippen MR) is 161 cm³/mol. The number of aromatic nitrogens is 8. The van der Waals surface area contributed by atoms with Crippen molar-refractivity contribution >= 4 is 22.8 Å². The van der Waals surface area contributed by atoms with Crippen molar-refractivity contribution in [2.75, 3.05) is 19.7 Å². The molecule has 13 heteroatoms. The molecule has 2 fully saturated rings. The van der Waals surface area contributed by atoms with Crippen LogP contribution in [-0.4, -0.2) is 70.6 Å². The zero-order valence-corrected chi connectivity index (χ0v) is 25.3. The van der Waals surface area contributed by atoms with E-state index in [4.69, 9.17) is 30.8 Å². The molecular weight excluding hydrogens is 582 g/mol. The van der Waals surface area contributed by atoms with Crippen LogP contribution in [0, 0.1) is 6.92 Å². The van der Waals surface area contributed by atoms with Crippen molar-refractivity contribution in [3.63, 3.8) is 0 Å². The average Bonchev–Trinajstić information content (AvgIpc) is 3.69. The SMILES string of the molecule is Cc1nnc(-c2cc3nc(CN4CCC(c5cccc6c5O[C@@](C)(c5ccc(Cl)cn5)O6)CC4)n(C[C@@H]4CCO4)c3nn2)[nH]1. The molecule has 1 aromatic carbocycles. The molecule has 5 aromatic rings. The van der Waals surface area contributed by atoms with Gasteiger partial charge in [-0.2, -0.15) is 0 Å². The Morgan fingerprint density at radius 3 is 2.64 bits per heavy atom. The van der Waals surface area contributed by atoms with E-state index in [0.717, 1.165) is 79.8 Å². The Bertz CT molecular complexity index is 1830. The molecule has 0 aliphatic carbocycles.